The molecule has 0 saturated heterocycles. The number of rotatable bonds is 7. The van der Waals surface area contributed by atoms with Crippen LogP contribution >= 0.6 is 0 Å². The lowest BCUT2D eigenvalue weighted by atomic mass is 10.1. The maximum atomic E-state index is 13.7. The van der Waals surface area contributed by atoms with E-state index in [-0.39, 0.29) is 29.1 Å². The predicted molar refractivity (Wildman–Crippen MR) is 124 cm³/mol. The molecule has 0 bridgehead atoms. The number of furan rings is 1. The molecule has 0 amide bonds. The predicted octanol–water partition coefficient (Wildman–Crippen LogP) is 3.29. The minimum absolute atomic E-state index is 0.0298. The number of methoxy groups -OCH3 is 1. The summed E-state index contributed by atoms with van der Waals surface area (Å²) in [6.07, 6.45) is 1.47. The third-order valence-corrected chi connectivity index (χ3v) is 7.33. The first-order chi connectivity index (χ1) is 16.4. The standard InChI is InChI=1S/C24H22N2O7S/c1-30-18-4-6-21-16(12-18)11-17(24(27)25-21)14-26(15-19-3-2-8-31-19)34(28,29)20-5-7-22-23(13-20)33-10-9-32-22/h2-8,11-13H,9-10,14-15H2,1H3,(H,25,27). The number of pyridine rings is 1. The zero-order chi connectivity index (χ0) is 23.7. The van der Waals surface area contributed by atoms with Crippen LogP contribution in [0.1, 0.15) is 11.3 Å². The van der Waals surface area contributed by atoms with Crippen LogP contribution in [0.5, 0.6) is 17.2 Å². The Bertz CT molecular complexity index is 1490. The molecule has 10 heteroatoms. The first-order valence-electron chi connectivity index (χ1n) is 10.6. The monoisotopic (exact) mass is 482 g/mol. The van der Waals surface area contributed by atoms with Crippen LogP contribution in [0.4, 0.5) is 0 Å². The van der Waals surface area contributed by atoms with Crippen LogP contribution in [-0.4, -0.2) is 38.0 Å². The summed E-state index contributed by atoms with van der Waals surface area (Å²) in [6, 6.07) is 14.8. The average Bonchev–Trinajstić information content (AvgIpc) is 3.36. The summed E-state index contributed by atoms with van der Waals surface area (Å²) < 4.78 is 50.3. The fourth-order valence-corrected chi connectivity index (χ4v) is 5.20. The highest BCUT2D eigenvalue weighted by Gasteiger charge is 2.28. The molecule has 1 aliphatic rings. The summed E-state index contributed by atoms with van der Waals surface area (Å²) in [4.78, 5) is 15.7. The molecule has 5 rings (SSSR count). The molecule has 0 radical (unpaired) electrons. The zero-order valence-corrected chi connectivity index (χ0v) is 19.1. The molecule has 4 aromatic rings. The highest BCUT2D eigenvalue weighted by Crippen LogP contribution is 2.34. The van der Waals surface area contributed by atoms with Gasteiger partial charge in [-0.2, -0.15) is 4.31 Å². The molecule has 0 atom stereocenters. The molecule has 3 heterocycles. The van der Waals surface area contributed by atoms with Crippen molar-refractivity contribution in [3.63, 3.8) is 0 Å². The number of aromatic nitrogens is 1. The fourth-order valence-electron chi connectivity index (χ4n) is 3.80. The summed E-state index contributed by atoms with van der Waals surface area (Å²) >= 11 is 0. The smallest absolute Gasteiger partial charge is 0.252 e. The van der Waals surface area contributed by atoms with Crippen LogP contribution < -0.4 is 19.8 Å². The van der Waals surface area contributed by atoms with Gasteiger partial charge in [-0.05, 0) is 48.5 Å². The van der Waals surface area contributed by atoms with Gasteiger partial charge in [-0.3, -0.25) is 4.79 Å². The summed E-state index contributed by atoms with van der Waals surface area (Å²) in [5.74, 6) is 1.92. The molecule has 0 saturated carbocycles. The second-order valence-corrected chi connectivity index (χ2v) is 9.67. The minimum Gasteiger partial charge on any atom is -0.497 e. The normalized spacial score (nSPS) is 13.4. The highest BCUT2D eigenvalue weighted by molar-refractivity contribution is 7.89. The first-order valence-corrected chi connectivity index (χ1v) is 12.0. The number of aromatic amines is 1. The van der Waals surface area contributed by atoms with Crippen LogP contribution in [0.15, 0.2) is 75.0 Å². The minimum atomic E-state index is -4.03. The van der Waals surface area contributed by atoms with Gasteiger partial charge in [0.15, 0.2) is 11.5 Å². The van der Waals surface area contributed by atoms with E-state index in [0.717, 1.165) is 5.39 Å². The van der Waals surface area contributed by atoms with Crippen molar-refractivity contribution >= 4 is 20.9 Å². The highest BCUT2D eigenvalue weighted by atomic mass is 32.2. The quantitative estimate of drug-likeness (QED) is 0.430. The van der Waals surface area contributed by atoms with Crippen molar-refractivity contribution in [1.82, 2.24) is 9.29 Å². The number of benzene rings is 2. The largest absolute Gasteiger partial charge is 0.497 e. The molecule has 34 heavy (non-hydrogen) atoms. The molecular formula is C24H22N2O7S. The van der Waals surface area contributed by atoms with Gasteiger partial charge in [0, 0.05) is 29.1 Å². The lowest BCUT2D eigenvalue weighted by Gasteiger charge is -2.23. The summed E-state index contributed by atoms with van der Waals surface area (Å²) in [6.45, 7) is 0.515. The van der Waals surface area contributed by atoms with Gasteiger partial charge in [-0.1, -0.05) is 0 Å². The van der Waals surface area contributed by atoms with Crippen LogP contribution in [-0.2, 0) is 23.1 Å². The Morgan fingerprint density at radius 1 is 1.00 bits per heavy atom. The van der Waals surface area contributed by atoms with Crippen LogP contribution in [0.25, 0.3) is 10.9 Å². The molecule has 0 aliphatic carbocycles. The van der Waals surface area contributed by atoms with Crippen molar-refractivity contribution in [2.24, 2.45) is 0 Å². The van der Waals surface area contributed by atoms with Gasteiger partial charge in [0.2, 0.25) is 10.0 Å². The van der Waals surface area contributed by atoms with Gasteiger partial charge in [0.05, 0.1) is 24.8 Å². The molecule has 0 unspecified atom stereocenters. The third kappa shape index (κ3) is 4.25. The van der Waals surface area contributed by atoms with Gasteiger partial charge in [0.25, 0.3) is 5.56 Å². The second-order valence-electron chi connectivity index (χ2n) is 7.73. The Balaban J connectivity index is 1.55. The Hall–Kier alpha value is -3.76. The van der Waals surface area contributed by atoms with Crippen LogP contribution in [0, 0.1) is 0 Å². The number of nitrogens with one attached hydrogen (secondary N) is 1. The van der Waals surface area contributed by atoms with Crippen molar-refractivity contribution in [3.05, 3.63) is 82.5 Å². The van der Waals surface area contributed by atoms with Gasteiger partial charge in [-0.15, -0.1) is 0 Å². The Labute approximate surface area is 195 Å². The van der Waals surface area contributed by atoms with Gasteiger partial charge in [0.1, 0.15) is 24.7 Å². The average molecular weight is 483 g/mol. The molecule has 2 aromatic carbocycles. The number of sulfonamides is 1. The van der Waals surface area contributed by atoms with Crippen LogP contribution in [0.2, 0.25) is 0 Å². The van der Waals surface area contributed by atoms with E-state index in [9.17, 15) is 13.2 Å². The van der Waals surface area contributed by atoms with Gasteiger partial charge >= 0.3 is 0 Å². The topological polar surface area (TPSA) is 111 Å². The van der Waals surface area contributed by atoms with E-state index in [1.54, 1.807) is 49.6 Å². The number of H-pyrrole nitrogens is 1. The third-order valence-electron chi connectivity index (χ3n) is 5.54. The van der Waals surface area contributed by atoms with Crippen molar-refractivity contribution in [3.8, 4) is 17.2 Å². The Morgan fingerprint density at radius 2 is 1.82 bits per heavy atom. The Morgan fingerprint density at radius 3 is 2.59 bits per heavy atom. The van der Waals surface area contributed by atoms with Gasteiger partial charge < -0.3 is 23.6 Å². The van der Waals surface area contributed by atoms with E-state index in [2.05, 4.69) is 4.98 Å². The number of hydrogen-bond donors (Lipinski definition) is 1. The van der Waals surface area contributed by atoms with E-state index in [1.165, 1.54) is 22.7 Å². The molecule has 0 spiro atoms. The maximum Gasteiger partial charge on any atom is 0.252 e. The molecule has 1 aliphatic heterocycles. The molecule has 2 aromatic heterocycles. The molecule has 9 nitrogen and oxygen atoms in total. The van der Waals surface area contributed by atoms with Crippen molar-refractivity contribution in [1.29, 1.82) is 0 Å². The number of nitrogens with zero attached hydrogens (tertiary/aromatic N) is 1. The number of ether oxygens (including phenoxy) is 3. The molecule has 1 N–H and O–H groups in total. The van der Waals surface area contributed by atoms with Crippen molar-refractivity contribution < 1.29 is 27.0 Å². The SMILES string of the molecule is COc1ccc2[nH]c(=O)c(CN(Cc3ccco3)S(=O)(=O)c3ccc4c(c3)OCCO4)cc2c1. The molecule has 176 valence electrons. The molecule has 0 fully saturated rings. The van der Waals surface area contributed by atoms with E-state index in [0.29, 0.717) is 41.7 Å². The van der Waals surface area contributed by atoms with E-state index < -0.39 is 10.0 Å². The first kappa shape index (κ1) is 22.1. The molecular weight excluding hydrogens is 460 g/mol. The summed E-state index contributed by atoms with van der Waals surface area (Å²) in [7, 11) is -2.48. The van der Waals surface area contributed by atoms with Gasteiger partial charge in [-0.25, -0.2) is 8.42 Å². The van der Waals surface area contributed by atoms with Crippen molar-refractivity contribution in [2.75, 3.05) is 20.3 Å². The summed E-state index contributed by atoms with van der Waals surface area (Å²) in [5, 5.41) is 0.726. The summed E-state index contributed by atoms with van der Waals surface area (Å²) in [5.41, 5.74) is 0.537. The number of hydrogen-bond acceptors (Lipinski definition) is 7. The second kappa shape index (κ2) is 8.88. The lowest BCUT2D eigenvalue weighted by molar-refractivity contribution is 0.171. The zero-order valence-electron chi connectivity index (χ0n) is 18.3. The van der Waals surface area contributed by atoms with E-state index in [4.69, 9.17) is 18.6 Å². The van der Waals surface area contributed by atoms with Crippen LogP contribution in [0.3, 0.4) is 0 Å². The maximum absolute atomic E-state index is 13.7. The lowest BCUT2D eigenvalue weighted by Crippen LogP contribution is -2.32. The number of fused-ring (bicyclic) bond motifs is 2. The van der Waals surface area contributed by atoms with E-state index >= 15 is 0 Å². The van der Waals surface area contributed by atoms with Crippen molar-refractivity contribution in [2.45, 2.75) is 18.0 Å². The Kier molecular flexibility index (Phi) is 5.76. The fraction of sp³-hybridized carbons (Fsp3) is 0.208. The van der Waals surface area contributed by atoms with E-state index in [1.807, 2.05) is 0 Å².